The second-order valence-corrected chi connectivity index (χ2v) is 9.81. The highest BCUT2D eigenvalue weighted by molar-refractivity contribution is 9.10. The number of rotatable bonds is 4. The van der Waals surface area contributed by atoms with Gasteiger partial charge in [-0.25, -0.2) is 22.7 Å². The number of benzene rings is 1. The van der Waals surface area contributed by atoms with E-state index in [1.54, 1.807) is 32.9 Å². The van der Waals surface area contributed by atoms with E-state index in [1.165, 1.54) is 24.1 Å². The van der Waals surface area contributed by atoms with E-state index in [-0.39, 0.29) is 17.9 Å². The van der Waals surface area contributed by atoms with Crippen LogP contribution in [-0.2, 0) is 24.3 Å². The molecule has 1 aromatic rings. The number of sulfonamides is 1. The topological polar surface area (TPSA) is 102 Å². The number of ether oxygens (including phenoxy) is 2. The van der Waals surface area contributed by atoms with Crippen LogP contribution in [0, 0.1) is 0 Å². The first kappa shape index (κ1) is 21.6. The molecule has 0 aromatic heterocycles. The van der Waals surface area contributed by atoms with Crippen LogP contribution in [0.2, 0.25) is 0 Å². The summed E-state index contributed by atoms with van der Waals surface area (Å²) in [5, 5.41) is 0. The highest BCUT2D eigenvalue weighted by atomic mass is 79.9. The summed E-state index contributed by atoms with van der Waals surface area (Å²) in [5.74, 6) is -0.620. The van der Waals surface area contributed by atoms with Crippen molar-refractivity contribution in [3.8, 4) is 0 Å². The first-order valence-corrected chi connectivity index (χ1v) is 10.6. The van der Waals surface area contributed by atoms with Crippen LogP contribution in [-0.4, -0.2) is 56.7 Å². The molecule has 2 atom stereocenters. The maximum absolute atomic E-state index is 12.6. The van der Waals surface area contributed by atoms with Gasteiger partial charge in [0.25, 0.3) is 0 Å². The van der Waals surface area contributed by atoms with Gasteiger partial charge in [0.2, 0.25) is 10.0 Å². The van der Waals surface area contributed by atoms with E-state index in [1.807, 2.05) is 0 Å². The predicted octanol–water partition coefficient (Wildman–Crippen LogP) is 2.28. The maximum atomic E-state index is 12.6. The molecule has 1 aliphatic rings. The molecule has 1 aromatic carbocycles. The molecule has 0 radical (unpaired) electrons. The van der Waals surface area contributed by atoms with E-state index in [4.69, 9.17) is 9.47 Å². The highest BCUT2D eigenvalue weighted by Crippen LogP contribution is 2.24. The van der Waals surface area contributed by atoms with E-state index in [2.05, 4.69) is 20.7 Å². The van der Waals surface area contributed by atoms with Gasteiger partial charge in [0.05, 0.1) is 12.0 Å². The van der Waals surface area contributed by atoms with E-state index < -0.39 is 39.8 Å². The second-order valence-electron chi connectivity index (χ2n) is 7.18. The number of amides is 1. The van der Waals surface area contributed by atoms with Gasteiger partial charge < -0.3 is 9.47 Å². The van der Waals surface area contributed by atoms with Crippen molar-refractivity contribution in [2.45, 2.75) is 49.8 Å². The lowest BCUT2D eigenvalue weighted by Gasteiger charge is -2.27. The predicted molar refractivity (Wildman–Crippen MR) is 102 cm³/mol. The number of methoxy groups -OCH3 is 1. The van der Waals surface area contributed by atoms with Gasteiger partial charge >= 0.3 is 12.1 Å². The Morgan fingerprint density at radius 2 is 1.96 bits per heavy atom. The Bertz CT molecular complexity index is 821. The standard InChI is InChI=1S/C17H23BrN2O6S/c1-17(2,3)26-16(22)20-10-12(9-14(20)15(21)25-4)19-27(23,24)13-7-5-6-11(18)8-13/h5-8,12,14,19H,9-10H2,1-4H3. The SMILES string of the molecule is COC(=O)C1CC(NS(=O)(=O)c2cccc(Br)c2)CN1C(=O)OC(C)(C)C. The molecule has 1 fully saturated rings. The molecule has 2 unspecified atom stereocenters. The monoisotopic (exact) mass is 462 g/mol. The summed E-state index contributed by atoms with van der Waals surface area (Å²) in [5.41, 5.74) is -0.744. The fraction of sp³-hybridized carbons (Fsp3) is 0.529. The molecule has 10 heteroatoms. The zero-order valence-electron chi connectivity index (χ0n) is 15.6. The molecule has 27 heavy (non-hydrogen) atoms. The number of nitrogens with zero attached hydrogens (tertiary/aromatic N) is 1. The summed E-state index contributed by atoms with van der Waals surface area (Å²) in [6, 6.07) is 4.70. The van der Waals surface area contributed by atoms with Crippen LogP contribution in [0.15, 0.2) is 33.6 Å². The zero-order valence-corrected chi connectivity index (χ0v) is 18.0. The maximum Gasteiger partial charge on any atom is 0.411 e. The third-order valence-electron chi connectivity index (χ3n) is 3.83. The largest absolute Gasteiger partial charge is 0.467 e. The fourth-order valence-corrected chi connectivity index (χ4v) is 4.56. The quantitative estimate of drug-likeness (QED) is 0.688. The van der Waals surface area contributed by atoms with Crippen LogP contribution in [0.1, 0.15) is 27.2 Å². The molecule has 0 aliphatic carbocycles. The van der Waals surface area contributed by atoms with Crippen molar-refractivity contribution in [1.29, 1.82) is 0 Å². The van der Waals surface area contributed by atoms with Gasteiger partial charge in [-0.2, -0.15) is 0 Å². The summed E-state index contributed by atoms with van der Waals surface area (Å²) in [7, 11) is -2.60. The Balaban J connectivity index is 2.19. The Hall–Kier alpha value is -1.65. The smallest absolute Gasteiger partial charge is 0.411 e. The Labute approximate surface area is 167 Å². The number of esters is 1. The number of likely N-dealkylation sites (tertiary alicyclic amines) is 1. The zero-order chi connectivity index (χ0) is 20.4. The van der Waals surface area contributed by atoms with Gasteiger partial charge in [0.1, 0.15) is 11.6 Å². The summed E-state index contributed by atoms with van der Waals surface area (Å²) in [4.78, 5) is 25.8. The van der Waals surface area contributed by atoms with E-state index >= 15 is 0 Å². The molecule has 1 amide bonds. The normalized spacial score (nSPS) is 20.4. The number of hydrogen-bond acceptors (Lipinski definition) is 6. The van der Waals surface area contributed by atoms with Gasteiger partial charge in [-0.15, -0.1) is 0 Å². The van der Waals surface area contributed by atoms with Crippen LogP contribution < -0.4 is 4.72 Å². The first-order chi connectivity index (χ1) is 12.4. The van der Waals surface area contributed by atoms with Crippen molar-refractivity contribution in [3.63, 3.8) is 0 Å². The highest BCUT2D eigenvalue weighted by Gasteiger charge is 2.43. The number of hydrogen-bond donors (Lipinski definition) is 1. The molecule has 8 nitrogen and oxygen atoms in total. The van der Waals surface area contributed by atoms with Gasteiger partial charge in [0.15, 0.2) is 0 Å². The Morgan fingerprint density at radius 1 is 1.30 bits per heavy atom. The minimum Gasteiger partial charge on any atom is -0.467 e. The van der Waals surface area contributed by atoms with Crippen LogP contribution >= 0.6 is 15.9 Å². The molecule has 1 saturated heterocycles. The van der Waals surface area contributed by atoms with Crippen LogP contribution in [0.3, 0.4) is 0 Å². The number of halogens is 1. The van der Waals surface area contributed by atoms with E-state index in [0.29, 0.717) is 4.47 Å². The van der Waals surface area contributed by atoms with Crippen molar-refractivity contribution in [2.75, 3.05) is 13.7 Å². The summed E-state index contributed by atoms with van der Waals surface area (Å²) < 4.78 is 38.5. The molecule has 2 rings (SSSR count). The first-order valence-electron chi connectivity index (χ1n) is 8.28. The van der Waals surface area contributed by atoms with Crippen LogP contribution in [0.25, 0.3) is 0 Å². The summed E-state index contributed by atoms with van der Waals surface area (Å²) in [6.07, 6.45) is -0.596. The van der Waals surface area contributed by atoms with Crippen LogP contribution in [0.5, 0.6) is 0 Å². The van der Waals surface area contributed by atoms with Crippen molar-refractivity contribution in [3.05, 3.63) is 28.7 Å². The minimum atomic E-state index is -3.82. The van der Waals surface area contributed by atoms with Gasteiger partial charge in [0, 0.05) is 17.1 Å². The molecule has 1 heterocycles. The van der Waals surface area contributed by atoms with Crippen LogP contribution in [0.4, 0.5) is 4.79 Å². The third-order valence-corrected chi connectivity index (χ3v) is 5.84. The van der Waals surface area contributed by atoms with E-state index in [0.717, 1.165) is 0 Å². The lowest BCUT2D eigenvalue weighted by Crippen LogP contribution is -2.44. The third kappa shape index (κ3) is 5.66. The molecule has 1 aliphatic heterocycles. The lowest BCUT2D eigenvalue weighted by molar-refractivity contribution is -0.145. The molecule has 0 saturated carbocycles. The van der Waals surface area contributed by atoms with Crippen molar-refractivity contribution >= 4 is 38.0 Å². The average molecular weight is 463 g/mol. The Kier molecular flexibility index (Phi) is 6.54. The van der Waals surface area contributed by atoms with Gasteiger partial charge in [-0.05, 0) is 45.4 Å². The number of carbonyl (C=O) groups excluding carboxylic acids is 2. The lowest BCUT2D eigenvalue weighted by atomic mass is 10.2. The molecule has 1 N–H and O–H groups in total. The minimum absolute atomic E-state index is 0.00190. The molecular formula is C17H23BrN2O6S. The van der Waals surface area contributed by atoms with Crippen molar-refractivity contribution in [1.82, 2.24) is 9.62 Å². The van der Waals surface area contributed by atoms with Gasteiger partial charge in [-0.3, -0.25) is 4.90 Å². The Morgan fingerprint density at radius 3 is 2.52 bits per heavy atom. The second kappa shape index (κ2) is 8.15. The van der Waals surface area contributed by atoms with E-state index in [9.17, 15) is 18.0 Å². The average Bonchev–Trinajstić information content (AvgIpc) is 2.96. The molecule has 150 valence electrons. The van der Waals surface area contributed by atoms with Crippen molar-refractivity contribution in [2.24, 2.45) is 0 Å². The number of nitrogens with one attached hydrogen (secondary N) is 1. The fourth-order valence-electron chi connectivity index (χ4n) is 2.72. The number of carbonyl (C=O) groups is 2. The molecule has 0 spiro atoms. The van der Waals surface area contributed by atoms with Crippen molar-refractivity contribution < 1.29 is 27.5 Å². The summed E-state index contributed by atoms with van der Waals surface area (Å²) >= 11 is 3.24. The summed E-state index contributed by atoms with van der Waals surface area (Å²) in [6.45, 7) is 5.13. The van der Waals surface area contributed by atoms with Gasteiger partial charge in [-0.1, -0.05) is 22.0 Å². The molecule has 0 bridgehead atoms. The molecular weight excluding hydrogens is 440 g/mol.